The summed E-state index contributed by atoms with van der Waals surface area (Å²) in [5, 5.41) is 18.2. The maximum Gasteiger partial charge on any atom is 0.307 e. The first kappa shape index (κ1) is 15.9. The lowest BCUT2D eigenvalue weighted by molar-refractivity contribution is -0.136. The molecule has 0 aromatic heterocycles. The molecule has 1 aromatic carbocycles. The molecule has 1 aromatic rings. The van der Waals surface area contributed by atoms with E-state index in [1.807, 2.05) is 0 Å². The van der Waals surface area contributed by atoms with Gasteiger partial charge in [0.05, 0.1) is 17.4 Å². The van der Waals surface area contributed by atoms with Gasteiger partial charge in [0, 0.05) is 13.1 Å². The van der Waals surface area contributed by atoms with Crippen LogP contribution in [0.2, 0.25) is 0 Å². The second kappa shape index (κ2) is 6.13. The summed E-state index contributed by atoms with van der Waals surface area (Å²) in [6, 6.07) is 5.90. The number of carboxylic acid groups (broad SMARTS) is 1. The number of aliphatic hydroxyl groups excluding tert-OH is 1. The lowest BCUT2D eigenvalue weighted by Crippen LogP contribution is -2.30. The fourth-order valence-corrected chi connectivity index (χ4v) is 3.98. The van der Waals surface area contributed by atoms with Gasteiger partial charge in [0.2, 0.25) is 10.0 Å². The van der Waals surface area contributed by atoms with Crippen molar-refractivity contribution in [3.05, 3.63) is 29.8 Å². The minimum absolute atomic E-state index is 0.0361. The molecule has 0 aliphatic carbocycles. The van der Waals surface area contributed by atoms with Crippen molar-refractivity contribution in [3.8, 4) is 0 Å². The molecule has 21 heavy (non-hydrogen) atoms. The Balaban J connectivity index is 2.15. The smallest absolute Gasteiger partial charge is 0.307 e. The normalized spacial score (nSPS) is 21.3. The van der Waals surface area contributed by atoms with E-state index in [1.54, 1.807) is 6.92 Å². The molecule has 1 aliphatic heterocycles. The molecule has 0 amide bonds. The van der Waals surface area contributed by atoms with Crippen molar-refractivity contribution >= 4 is 16.0 Å². The van der Waals surface area contributed by atoms with Crippen molar-refractivity contribution in [1.29, 1.82) is 0 Å². The van der Waals surface area contributed by atoms with E-state index in [-0.39, 0.29) is 17.2 Å². The number of aliphatic hydroxyl groups is 1. The summed E-state index contributed by atoms with van der Waals surface area (Å²) < 4.78 is 26.3. The van der Waals surface area contributed by atoms with Crippen LogP contribution in [0.3, 0.4) is 0 Å². The van der Waals surface area contributed by atoms with Gasteiger partial charge in [-0.25, -0.2) is 8.42 Å². The van der Waals surface area contributed by atoms with Gasteiger partial charge in [-0.1, -0.05) is 12.1 Å². The van der Waals surface area contributed by atoms with Crippen molar-refractivity contribution < 1.29 is 23.4 Å². The van der Waals surface area contributed by atoms with E-state index in [1.165, 1.54) is 28.6 Å². The molecular weight excluding hydrogens is 294 g/mol. The Morgan fingerprint density at radius 1 is 1.38 bits per heavy atom. The van der Waals surface area contributed by atoms with Crippen molar-refractivity contribution in [3.63, 3.8) is 0 Å². The van der Waals surface area contributed by atoms with Gasteiger partial charge in [0.15, 0.2) is 0 Å². The van der Waals surface area contributed by atoms with E-state index in [0.717, 1.165) is 0 Å². The third-order valence-electron chi connectivity index (χ3n) is 3.79. The molecule has 1 fully saturated rings. The SMILES string of the molecule is CC(O)C1CCN(S(=O)(=O)c2ccc(CC(=O)O)cc2)C1. The van der Waals surface area contributed by atoms with Crippen LogP contribution >= 0.6 is 0 Å². The molecule has 116 valence electrons. The maximum absolute atomic E-state index is 12.5. The number of rotatable bonds is 5. The predicted octanol–water partition coefficient (Wildman–Crippen LogP) is 0.705. The van der Waals surface area contributed by atoms with Gasteiger partial charge in [0.25, 0.3) is 0 Å². The number of carboxylic acids is 1. The molecule has 2 rings (SSSR count). The molecule has 0 bridgehead atoms. The Kier molecular flexibility index (Phi) is 4.65. The van der Waals surface area contributed by atoms with E-state index >= 15 is 0 Å². The van der Waals surface area contributed by atoms with E-state index < -0.39 is 22.1 Å². The van der Waals surface area contributed by atoms with Crippen LogP contribution in [0.25, 0.3) is 0 Å². The quantitative estimate of drug-likeness (QED) is 0.834. The molecule has 0 saturated carbocycles. The van der Waals surface area contributed by atoms with Crippen LogP contribution in [0, 0.1) is 5.92 Å². The number of hydrogen-bond donors (Lipinski definition) is 2. The third-order valence-corrected chi connectivity index (χ3v) is 5.67. The monoisotopic (exact) mass is 313 g/mol. The average Bonchev–Trinajstić information content (AvgIpc) is 2.89. The Morgan fingerprint density at radius 3 is 2.48 bits per heavy atom. The highest BCUT2D eigenvalue weighted by atomic mass is 32.2. The highest BCUT2D eigenvalue weighted by Crippen LogP contribution is 2.26. The molecule has 0 spiro atoms. The number of aliphatic carboxylic acids is 1. The zero-order valence-corrected chi connectivity index (χ0v) is 12.6. The van der Waals surface area contributed by atoms with Gasteiger partial charge in [-0.3, -0.25) is 4.79 Å². The number of sulfonamides is 1. The number of carbonyl (C=O) groups is 1. The van der Waals surface area contributed by atoms with E-state index in [0.29, 0.717) is 25.1 Å². The van der Waals surface area contributed by atoms with Gasteiger partial charge in [-0.05, 0) is 37.0 Å². The molecule has 2 unspecified atom stereocenters. The lowest BCUT2D eigenvalue weighted by Gasteiger charge is -2.17. The molecule has 1 heterocycles. The summed E-state index contributed by atoms with van der Waals surface area (Å²) in [7, 11) is -3.58. The molecular formula is C14H19NO5S. The summed E-state index contributed by atoms with van der Waals surface area (Å²) in [4.78, 5) is 10.8. The summed E-state index contributed by atoms with van der Waals surface area (Å²) in [6.07, 6.45) is -0.00886. The Hall–Kier alpha value is -1.44. The number of nitrogens with zero attached hydrogens (tertiary/aromatic N) is 1. The van der Waals surface area contributed by atoms with E-state index in [2.05, 4.69) is 0 Å². The highest BCUT2D eigenvalue weighted by molar-refractivity contribution is 7.89. The van der Waals surface area contributed by atoms with Crippen molar-refractivity contribution in [2.24, 2.45) is 5.92 Å². The van der Waals surface area contributed by atoms with Gasteiger partial charge < -0.3 is 10.2 Å². The number of hydrogen-bond acceptors (Lipinski definition) is 4. The maximum atomic E-state index is 12.5. The Bertz CT molecular complexity index is 609. The fraction of sp³-hybridized carbons (Fsp3) is 0.500. The van der Waals surface area contributed by atoms with E-state index in [9.17, 15) is 18.3 Å². The van der Waals surface area contributed by atoms with Gasteiger partial charge >= 0.3 is 5.97 Å². The zero-order valence-electron chi connectivity index (χ0n) is 11.8. The number of benzene rings is 1. The fourth-order valence-electron chi connectivity index (χ4n) is 2.47. The van der Waals surface area contributed by atoms with Crippen molar-refractivity contribution in [1.82, 2.24) is 4.31 Å². The third kappa shape index (κ3) is 3.61. The van der Waals surface area contributed by atoms with Crippen LogP contribution in [0.1, 0.15) is 18.9 Å². The Labute approximate surface area is 124 Å². The second-order valence-corrected chi connectivity index (χ2v) is 7.30. The van der Waals surface area contributed by atoms with Crippen LogP contribution in [0.15, 0.2) is 29.2 Å². The molecule has 6 nitrogen and oxygen atoms in total. The first-order chi connectivity index (χ1) is 9.80. The highest BCUT2D eigenvalue weighted by Gasteiger charge is 2.34. The first-order valence-electron chi connectivity index (χ1n) is 6.79. The largest absolute Gasteiger partial charge is 0.481 e. The lowest BCUT2D eigenvalue weighted by atomic mass is 10.0. The summed E-state index contributed by atoms with van der Waals surface area (Å²) >= 11 is 0. The molecule has 1 aliphatic rings. The summed E-state index contributed by atoms with van der Waals surface area (Å²) in [5.41, 5.74) is 0.560. The Morgan fingerprint density at radius 2 is 2.00 bits per heavy atom. The summed E-state index contributed by atoms with van der Waals surface area (Å²) in [5.74, 6) is -0.990. The van der Waals surface area contributed by atoms with Crippen LogP contribution in [0.5, 0.6) is 0 Å². The molecule has 1 saturated heterocycles. The van der Waals surface area contributed by atoms with E-state index in [4.69, 9.17) is 5.11 Å². The van der Waals surface area contributed by atoms with Crippen LogP contribution in [-0.2, 0) is 21.2 Å². The van der Waals surface area contributed by atoms with Gasteiger partial charge in [-0.15, -0.1) is 0 Å². The standard InChI is InChI=1S/C14H19NO5S/c1-10(16)12-6-7-15(9-12)21(19,20)13-4-2-11(3-5-13)8-14(17)18/h2-5,10,12,16H,6-9H2,1H3,(H,17,18). The van der Waals surface area contributed by atoms with Crippen LogP contribution < -0.4 is 0 Å². The minimum atomic E-state index is -3.58. The summed E-state index contributed by atoms with van der Waals surface area (Å²) in [6.45, 7) is 2.38. The van der Waals surface area contributed by atoms with Crippen molar-refractivity contribution in [2.45, 2.75) is 30.8 Å². The molecule has 2 N–H and O–H groups in total. The molecule has 7 heteroatoms. The zero-order chi connectivity index (χ0) is 15.6. The van der Waals surface area contributed by atoms with Gasteiger partial charge in [-0.2, -0.15) is 4.31 Å². The predicted molar refractivity (Wildman–Crippen MR) is 76.3 cm³/mol. The minimum Gasteiger partial charge on any atom is -0.481 e. The first-order valence-corrected chi connectivity index (χ1v) is 8.23. The van der Waals surface area contributed by atoms with Crippen LogP contribution in [-0.4, -0.2) is 48.1 Å². The van der Waals surface area contributed by atoms with Crippen LogP contribution in [0.4, 0.5) is 0 Å². The molecule has 2 atom stereocenters. The molecule has 0 radical (unpaired) electrons. The van der Waals surface area contributed by atoms with Crippen molar-refractivity contribution in [2.75, 3.05) is 13.1 Å². The second-order valence-electron chi connectivity index (χ2n) is 5.37. The topological polar surface area (TPSA) is 94.9 Å². The average molecular weight is 313 g/mol. The van der Waals surface area contributed by atoms with Gasteiger partial charge in [0.1, 0.15) is 0 Å².